The fourth-order valence-electron chi connectivity index (χ4n) is 2.91. The molecule has 1 amide bonds. The van der Waals surface area contributed by atoms with Gasteiger partial charge in [0.2, 0.25) is 0 Å². The SMILES string of the molecule is CC(C)(C)N(CCc1cc(Sc2ccc(Cl)nc2)n(-c2cc(F)ccc2F)n1)C(=O)O. The van der Waals surface area contributed by atoms with E-state index >= 15 is 0 Å². The molecule has 3 rings (SSSR count). The van der Waals surface area contributed by atoms with Crippen molar-refractivity contribution in [2.24, 2.45) is 0 Å². The number of aromatic nitrogens is 3. The highest BCUT2D eigenvalue weighted by atomic mass is 35.5. The number of amides is 1. The van der Waals surface area contributed by atoms with Crippen LogP contribution in [0.1, 0.15) is 26.5 Å². The molecule has 0 saturated carbocycles. The van der Waals surface area contributed by atoms with Crippen LogP contribution in [0.3, 0.4) is 0 Å². The van der Waals surface area contributed by atoms with Crippen molar-refractivity contribution >= 4 is 29.5 Å². The summed E-state index contributed by atoms with van der Waals surface area (Å²) in [4.78, 5) is 17.7. The van der Waals surface area contributed by atoms with Gasteiger partial charge in [0.25, 0.3) is 0 Å². The Bertz CT molecular complexity index is 1080. The lowest BCUT2D eigenvalue weighted by molar-refractivity contribution is 0.101. The van der Waals surface area contributed by atoms with Crippen molar-refractivity contribution in [3.63, 3.8) is 0 Å². The minimum absolute atomic E-state index is 0.0402. The van der Waals surface area contributed by atoms with Crippen molar-refractivity contribution in [3.8, 4) is 5.69 Å². The summed E-state index contributed by atoms with van der Waals surface area (Å²) in [6.45, 7) is 5.61. The molecule has 1 N–H and O–H groups in total. The van der Waals surface area contributed by atoms with Crippen molar-refractivity contribution in [2.45, 2.75) is 42.7 Å². The predicted molar refractivity (Wildman–Crippen MR) is 115 cm³/mol. The second kappa shape index (κ2) is 9.23. The number of benzene rings is 1. The van der Waals surface area contributed by atoms with Gasteiger partial charge in [-0.15, -0.1) is 0 Å². The monoisotopic (exact) mass is 466 g/mol. The second-order valence-electron chi connectivity index (χ2n) is 7.76. The third kappa shape index (κ3) is 5.74. The maximum absolute atomic E-state index is 14.5. The van der Waals surface area contributed by atoms with Gasteiger partial charge in [0, 0.05) is 35.7 Å². The normalized spacial score (nSPS) is 11.5. The first-order chi connectivity index (χ1) is 14.5. The predicted octanol–water partition coefficient (Wildman–Crippen LogP) is 5.67. The van der Waals surface area contributed by atoms with Crippen LogP contribution in [-0.4, -0.2) is 42.9 Å². The van der Waals surface area contributed by atoms with Gasteiger partial charge in [-0.2, -0.15) is 5.10 Å². The molecule has 6 nitrogen and oxygen atoms in total. The van der Waals surface area contributed by atoms with Gasteiger partial charge in [0.15, 0.2) is 0 Å². The topological polar surface area (TPSA) is 71.2 Å². The molecule has 0 aliphatic heterocycles. The molecule has 0 saturated heterocycles. The van der Waals surface area contributed by atoms with E-state index in [0.29, 0.717) is 22.3 Å². The van der Waals surface area contributed by atoms with Gasteiger partial charge in [-0.1, -0.05) is 23.4 Å². The first-order valence-electron chi connectivity index (χ1n) is 9.39. The van der Waals surface area contributed by atoms with E-state index in [4.69, 9.17) is 11.6 Å². The number of rotatable bonds is 6. The Hall–Kier alpha value is -2.65. The Morgan fingerprint density at radius 2 is 1.97 bits per heavy atom. The van der Waals surface area contributed by atoms with Crippen LogP contribution in [0.4, 0.5) is 13.6 Å². The molecule has 31 heavy (non-hydrogen) atoms. The largest absolute Gasteiger partial charge is 0.465 e. The Morgan fingerprint density at radius 1 is 1.23 bits per heavy atom. The minimum Gasteiger partial charge on any atom is -0.465 e. The number of halogens is 3. The number of hydrogen-bond donors (Lipinski definition) is 1. The molecule has 0 aliphatic rings. The lowest BCUT2D eigenvalue weighted by atomic mass is 10.1. The summed E-state index contributed by atoms with van der Waals surface area (Å²) >= 11 is 7.10. The summed E-state index contributed by atoms with van der Waals surface area (Å²) in [5, 5.41) is 14.8. The maximum atomic E-state index is 14.5. The fraction of sp³-hybridized carbons (Fsp3) is 0.286. The molecule has 164 valence electrons. The Labute approximate surface area is 187 Å². The van der Waals surface area contributed by atoms with Gasteiger partial charge in [-0.3, -0.25) is 0 Å². The quantitative estimate of drug-likeness (QED) is 0.474. The number of pyridine rings is 1. The van der Waals surface area contributed by atoms with Crippen LogP contribution in [-0.2, 0) is 6.42 Å². The molecule has 2 heterocycles. The summed E-state index contributed by atoms with van der Waals surface area (Å²) in [5.41, 5.74) is -0.0829. The second-order valence-corrected chi connectivity index (χ2v) is 9.24. The molecule has 2 aromatic heterocycles. The average molecular weight is 467 g/mol. The summed E-state index contributed by atoms with van der Waals surface area (Å²) < 4.78 is 29.6. The van der Waals surface area contributed by atoms with Crippen LogP contribution >= 0.6 is 23.4 Å². The Morgan fingerprint density at radius 3 is 2.58 bits per heavy atom. The van der Waals surface area contributed by atoms with Crippen molar-refractivity contribution in [1.29, 1.82) is 0 Å². The highest BCUT2D eigenvalue weighted by Gasteiger charge is 2.26. The van der Waals surface area contributed by atoms with E-state index in [9.17, 15) is 18.7 Å². The zero-order valence-corrected chi connectivity index (χ0v) is 18.7. The highest BCUT2D eigenvalue weighted by molar-refractivity contribution is 7.99. The van der Waals surface area contributed by atoms with Crippen LogP contribution in [0, 0.1) is 11.6 Å². The highest BCUT2D eigenvalue weighted by Crippen LogP contribution is 2.31. The van der Waals surface area contributed by atoms with Gasteiger partial charge in [0.05, 0.1) is 5.69 Å². The van der Waals surface area contributed by atoms with Gasteiger partial charge in [0.1, 0.15) is 27.5 Å². The molecule has 10 heteroatoms. The number of nitrogens with zero attached hydrogens (tertiary/aromatic N) is 4. The maximum Gasteiger partial charge on any atom is 0.407 e. The molecule has 0 fully saturated rings. The molecule has 0 spiro atoms. The van der Waals surface area contributed by atoms with E-state index < -0.39 is 23.3 Å². The van der Waals surface area contributed by atoms with E-state index in [1.165, 1.54) is 21.3 Å². The Balaban J connectivity index is 1.96. The molecular weight excluding hydrogens is 446 g/mol. The molecule has 1 aromatic carbocycles. The molecule has 0 unspecified atom stereocenters. The van der Waals surface area contributed by atoms with Crippen molar-refractivity contribution < 1.29 is 18.7 Å². The molecule has 0 bridgehead atoms. The summed E-state index contributed by atoms with van der Waals surface area (Å²) in [7, 11) is 0. The summed E-state index contributed by atoms with van der Waals surface area (Å²) in [6.07, 6.45) is 0.836. The third-order valence-electron chi connectivity index (χ3n) is 4.42. The lowest BCUT2D eigenvalue weighted by Crippen LogP contribution is -2.45. The van der Waals surface area contributed by atoms with Crippen LogP contribution in [0.15, 0.2) is 52.5 Å². The number of carboxylic acid groups (broad SMARTS) is 1. The van der Waals surface area contributed by atoms with E-state index in [1.807, 2.05) is 0 Å². The Kier molecular flexibility index (Phi) is 6.86. The molecule has 0 radical (unpaired) electrons. The fourth-order valence-corrected chi connectivity index (χ4v) is 3.93. The van der Waals surface area contributed by atoms with E-state index in [0.717, 1.165) is 23.1 Å². The zero-order valence-electron chi connectivity index (χ0n) is 17.1. The first-order valence-corrected chi connectivity index (χ1v) is 10.6. The average Bonchev–Trinajstić information content (AvgIpc) is 3.06. The van der Waals surface area contributed by atoms with Crippen LogP contribution in [0.2, 0.25) is 5.15 Å². The van der Waals surface area contributed by atoms with Crippen LogP contribution in [0.25, 0.3) is 5.69 Å². The third-order valence-corrected chi connectivity index (χ3v) is 5.62. The number of hydrogen-bond acceptors (Lipinski definition) is 4. The standard InChI is InChI=1S/C21H21ClF2N4O2S/c1-21(2,3)27(20(29)30)9-8-14-11-19(31-15-5-7-18(22)25-12-15)28(26-14)17-10-13(23)4-6-16(17)24/h4-7,10-12H,8-9H2,1-3H3,(H,29,30). The van der Waals surface area contributed by atoms with Gasteiger partial charge in [-0.05, 0) is 51.1 Å². The smallest absolute Gasteiger partial charge is 0.407 e. The molecule has 0 aliphatic carbocycles. The van der Waals surface area contributed by atoms with Gasteiger partial charge in [-0.25, -0.2) is 23.2 Å². The van der Waals surface area contributed by atoms with Crippen molar-refractivity contribution in [1.82, 2.24) is 19.7 Å². The van der Waals surface area contributed by atoms with E-state index in [2.05, 4.69) is 10.1 Å². The van der Waals surface area contributed by atoms with Crippen LogP contribution in [0.5, 0.6) is 0 Å². The zero-order chi connectivity index (χ0) is 22.8. The summed E-state index contributed by atoms with van der Waals surface area (Å²) in [6, 6.07) is 8.25. The van der Waals surface area contributed by atoms with Gasteiger partial charge >= 0.3 is 6.09 Å². The minimum atomic E-state index is -1.04. The number of carbonyl (C=O) groups is 1. The van der Waals surface area contributed by atoms with Crippen molar-refractivity contribution in [2.75, 3.05) is 6.54 Å². The molecule has 3 aromatic rings. The lowest BCUT2D eigenvalue weighted by Gasteiger charge is -2.32. The first kappa shape index (κ1) is 23.0. The molecule has 0 atom stereocenters. The summed E-state index contributed by atoms with van der Waals surface area (Å²) in [5.74, 6) is -1.23. The van der Waals surface area contributed by atoms with Crippen LogP contribution < -0.4 is 0 Å². The van der Waals surface area contributed by atoms with E-state index in [1.54, 1.807) is 45.2 Å². The molecular formula is C21H21ClF2N4O2S. The van der Waals surface area contributed by atoms with Gasteiger partial charge < -0.3 is 10.0 Å². The van der Waals surface area contributed by atoms with E-state index in [-0.39, 0.29) is 12.2 Å². The van der Waals surface area contributed by atoms with Crippen molar-refractivity contribution in [3.05, 3.63) is 65.1 Å².